The molecule has 0 unspecified atom stereocenters. The van der Waals surface area contributed by atoms with E-state index in [2.05, 4.69) is 19.9 Å². The first-order chi connectivity index (χ1) is 9.03. The van der Waals surface area contributed by atoms with Crippen molar-refractivity contribution in [1.82, 2.24) is 15.2 Å². The zero-order valence-electron chi connectivity index (χ0n) is 9.90. The zero-order chi connectivity index (χ0) is 13.9. The highest BCUT2D eigenvalue weighted by Gasteiger charge is 2.18. The van der Waals surface area contributed by atoms with Crippen LogP contribution in [0.5, 0.6) is 0 Å². The summed E-state index contributed by atoms with van der Waals surface area (Å²) in [5.74, 6) is -0.105. The third-order valence-corrected chi connectivity index (χ3v) is 3.79. The highest BCUT2D eigenvalue weighted by molar-refractivity contribution is 7.92. The predicted octanol–water partition coefficient (Wildman–Crippen LogP) is 0.852. The van der Waals surface area contributed by atoms with Crippen LogP contribution in [0.3, 0.4) is 0 Å². The van der Waals surface area contributed by atoms with E-state index in [0.717, 1.165) is 0 Å². The van der Waals surface area contributed by atoms with Crippen molar-refractivity contribution in [2.45, 2.75) is 11.8 Å². The minimum atomic E-state index is -3.79. The molecular weight excluding hydrogens is 266 g/mol. The number of rotatable bonds is 3. The number of sulfonamides is 1. The summed E-state index contributed by atoms with van der Waals surface area (Å²) in [5.41, 5.74) is 0.865. The fourth-order valence-corrected chi connectivity index (χ4v) is 2.66. The second-order valence-corrected chi connectivity index (χ2v) is 5.31. The van der Waals surface area contributed by atoms with Crippen molar-refractivity contribution >= 4 is 16.0 Å². The van der Waals surface area contributed by atoms with E-state index in [0.29, 0.717) is 11.1 Å². The molecule has 1 aromatic carbocycles. The Morgan fingerprint density at radius 1 is 1.32 bits per heavy atom. The quantitative estimate of drug-likeness (QED) is 0.889. The van der Waals surface area contributed by atoms with Crippen molar-refractivity contribution < 1.29 is 8.42 Å². The summed E-state index contributed by atoms with van der Waals surface area (Å²) in [7, 11) is -3.79. The monoisotopic (exact) mass is 275 g/mol. The molecule has 0 saturated carbocycles. The molecule has 0 saturated heterocycles. The number of aryl methyl sites for hydroxylation is 1. The van der Waals surface area contributed by atoms with Gasteiger partial charge in [0.15, 0.2) is 0 Å². The molecule has 0 bridgehead atoms. The molecule has 8 heteroatoms. The number of anilines is 1. The first kappa shape index (κ1) is 12.9. The van der Waals surface area contributed by atoms with Gasteiger partial charge in [-0.15, -0.1) is 5.10 Å². The summed E-state index contributed by atoms with van der Waals surface area (Å²) in [6.07, 6.45) is 2.67. The highest BCUT2D eigenvalue weighted by Crippen LogP contribution is 2.18. The molecule has 7 nitrogen and oxygen atoms in total. The second kappa shape index (κ2) is 4.99. The largest absolute Gasteiger partial charge is 0.264 e. The lowest BCUT2D eigenvalue weighted by atomic mass is 10.2. The molecule has 0 amide bonds. The molecule has 1 N–H and O–H groups in total. The van der Waals surface area contributed by atoms with Crippen molar-refractivity contribution in [2.24, 2.45) is 0 Å². The molecule has 0 aliphatic rings. The van der Waals surface area contributed by atoms with Gasteiger partial charge >= 0.3 is 0 Å². The lowest BCUT2D eigenvalue weighted by molar-refractivity contribution is 0.600. The van der Waals surface area contributed by atoms with Crippen LogP contribution in [0.25, 0.3) is 0 Å². The van der Waals surface area contributed by atoms with Crippen LogP contribution in [0.2, 0.25) is 0 Å². The number of nitrogens with zero attached hydrogens (tertiary/aromatic N) is 4. The molecule has 1 heterocycles. The Kier molecular flexibility index (Phi) is 3.39. The zero-order valence-corrected chi connectivity index (χ0v) is 10.7. The van der Waals surface area contributed by atoms with Gasteiger partial charge in [-0.25, -0.2) is 18.1 Å². The van der Waals surface area contributed by atoms with Gasteiger partial charge in [-0.05, 0) is 30.7 Å². The fraction of sp³-hybridized carbons (Fsp3) is 0.0909. The standard InChI is InChI=1S/C11H9N5O2S/c1-8-6-9(7-12)2-3-10(8)19(17,18)16-11-13-4-5-14-15-11/h2-6H,1H3,(H,13,15,16). The summed E-state index contributed by atoms with van der Waals surface area (Å²) in [4.78, 5) is 3.81. The normalized spacial score (nSPS) is 10.7. The van der Waals surface area contributed by atoms with Crippen molar-refractivity contribution in [2.75, 3.05) is 4.72 Å². The van der Waals surface area contributed by atoms with Crippen LogP contribution >= 0.6 is 0 Å². The van der Waals surface area contributed by atoms with E-state index in [-0.39, 0.29) is 10.8 Å². The van der Waals surface area contributed by atoms with Crippen LogP contribution in [-0.4, -0.2) is 23.6 Å². The van der Waals surface area contributed by atoms with Crippen LogP contribution in [0, 0.1) is 18.3 Å². The molecule has 1 aromatic heterocycles. The summed E-state index contributed by atoms with van der Waals surface area (Å²) >= 11 is 0. The average Bonchev–Trinajstić information content (AvgIpc) is 2.38. The number of hydrogen-bond acceptors (Lipinski definition) is 6. The lowest BCUT2D eigenvalue weighted by Gasteiger charge is -2.08. The molecule has 0 fully saturated rings. The predicted molar refractivity (Wildman–Crippen MR) is 66.5 cm³/mol. The summed E-state index contributed by atoms with van der Waals surface area (Å²) < 4.78 is 26.5. The van der Waals surface area contributed by atoms with Gasteiger partial charge in [-0.3, -0.25) is 0 Å². The third-order valence-electron chi connectivity index (χ3n) is 2.30. The Morgan fingerprint density at radius 3 is 2.68 bits per heavy atom. The van der Waals surface area contributed by atoms with Crippen molar-refractivity contribution in [1.29, 1.82) is 5.26 Å². The average molecular weight is 275 g/mol. The van der Waals surface area contributed by atoms with E-state index in [9.17, 15) is 8.42 Å². The van der Waals surface area contributed by atoms with E-state index in [1.807, 2.05) is 6.07 Å². The van der Waals surface area contributed by atoms with Crippen LogP contribution in [0.15, 0.2) is 35.5 Å². The van der Waals surface area contributed by atoms with E-state index in [1.165, 1.54) is 30.6 Å². The topological polar surface area (TPSA) is 109 Å². The van der Waals surface area contributed by atoms with Crippen LogP contribution in [-0.2, 0) is 10.0 Å². The lowest BCUT2D eigenvalue weighted by Crippen LogP contribution is -2.16. The van der Waals surface area contributed by atoms with Crippen LogP contribution < -0.4 is 4.72 Å². The minimum absolute atomic E-state index is 0.0685. The van der Waals surface area contributed by atoms with Gasteiger partial charge in [0.1, 0.15) is 0 Å². The van der Waals surface area contributed by atoms with E-state index < -0.39 is 10.0 Å². The Balaban J connectivity index is 2.38. The molecule has 0 radical (unpaired) electrons. The SMILES string of the molecule is Cc1cc(C#N)ccc1S(=O)(=O)Nc1nccnn1. The summed E-state index contributed by atoms with van der Waals surface area (Å²) in [6, 6.07) is 6.25. The maximum absolute atomic E-state index is 12.1. The molecule has 96 valence electrons. The van der Waals surface area contributed by atoms with Gasteiger partial charge in [0.25, 0.3) is 16.0 Å². The number of hydrogen-bond donors (Lipinski definition) is 1. The first-order valence-corrected chi connectivity index (χ1v) is 6.68. The molecule has 2 aromatic rings. The molecule has 0 aliphatic heterocycles. The number of aromatic nitrogens is 3. The van der Waals surface area contributed by atoms with E-state index in [1.54, 1.807) is 6.92 Å². The van der Waals surface area contributed by atoms with Gasteiger partial charge in [0.2, 0.25) is 0 Å². The summed E-state index contributed by atoms with van der Waals surface area (Å²) in [6.45, 7) is 1.61. The van der Waals surface area contributed by atoms with Gasteiger partial charge < -0.3 is 0 Å². The van der Waals surface area contributed by atoms with Crippen LogP contribution in [0.1, 0.15) is 11.1 Å². The molecule has 0 atom stereocenters. The fourth-order valence-electron chi connectivity index (χ4n) is 1.49. The molecule has 0 aliphatic carbocycles. The first-order valence-electron chi connectivity index (χ1n) is 5.20. The van der Waals surface area contributed by atoms with Crippen molar-refractivity contribution in [3.63, 3.8) is 0 Å². The van der Waals surface area contributed by atoms with Crippen molar-refractivity contribution in [3.8, 4) is 6.07 Å². The molecular formula is C11H9N5O2S. The molecule has 19 heavy (non-hydrogen) atoms. The Morgan fingerprint density at radius 2 is 2.11 bits per heavy atom. The van der Waals surface area contributed by atoms with Gasteiger partial charge in [0, 0.05) is 0 Å². The number of nitriles is 1. The molecule has 0 spiro atoms. The van der Waals surface area contributed by atoms with E-state index >= 15 is 0 Å². The summed E-state index contributed by atoms with van der Waals surface area (Å²) in [5, 5.41) is 15.8. The van der Waals surface area contributed by atoms with Gasteiger partial charge in [-0.2, -0.15) is 10.4 Å². The maximum Gasteiger partial charge on any atom is 0.264 e. The number of nitrogens with one attached hydrogen (secondary N) is 1. The second-order valence-electron chi connectivity index (χ2n) is 3.66. The van der Waals surface area contributed by atoms with Gasteiger partial charge in [0.05, 0.1) is 28.9 Å². The van der Waals surface area contributed by atoms with E-state index in [4.69, 9.17) is 5.26 Å². The highest BCUT2D eigenvalue weighted by atomic mass is 32.2. The number of benzene rings is 1. The minimum Gasteiger partial charge on any atom is -0.246 e. The Bertz CT molecular complexity index is 737. The van der Waals surface area contributed by atoms with Crippen LogP contribution in [0.4, 0.5) is 5.95 Å². The Hall–Kier alpha value is -2.53. The maximum atomic E-state index is 12.1. The van der Waals surface area contributed by atoms with Gasteiger partial charge in [-0.1, -0.05) is 0 Å². The van der Waals surface area contributed by atoms with Crippen molar-refractivity contribution in [3.05, 3.63) is 41.7 Å². The smallest absolute Gasteiger partial charge is 0.246 e. The molecule has 2 rings (SSSR count). The Labute approximate surface area is 110 Å². The third kappa shape index (κ3) is 2.83.